The number of hydrogen-bond acceptors (Lipinski definition) is 5. The molecule has 0 saturated carbocycles. The van der Waals surface area contributed by atoms with E-state index in [-0.39, 0.29) is 29.7 Å². The molecule has 2 aliphatic rings. The quantitative estimate of drug-likeness (QED) is 0.459. The van der Waals surface area contributed by atoms with Crippen molar-refractivity contribution in [3.63, 3.8) is 0 Å². The number of aliphatic hydroxyl groups is 1. The molecule has 2 aliphatic heterocycles. The number of nitrogens with zero attached hydrogens (tertiary/aromatic N) is 1. The molecule has 156 valence electrons. The molecule has 0 spiro atoms. The van der Waals surface area contributed by atoms with Crippen LogP contribution in [0.4, 0.5) is 0 Å². The number of carbonyl (C=O) groups excluding carboxylic acids is 2. The van der Waals surface area contributed by atoms with Crippen LogP contribution in [0.25, 0.3) is 5.76 Å². The third-order valence-electron chi connectivity index (χ3n) is 5.80. The van der Waals surface area contributed by atoms with Crippen molar-refractivity contribution in [1.29, 1.82) is 0 Å². The number of amides is 1. The third kappa shape index (κ3) is 3.59. The third-order valence-corrected chi connectivity index (χ3v) is 5.80. The van der Waals surface area contributed by atoms with Crippen molar-refractivity contribution >= 4 is 17.4 Å². The lowest BCUT2D eigenvalue weighted by atomic mass is 9.93. The molecule has 6 nitrogen and oxygen atoms in total. The van der Waals surface area contributed by atoms with Crippen LogP contribution in [-0.4, -0.2) is 46.1 Å². The summed E-state index contributed by atoms with van der Waals surface area (Å²) in [6.07, 6.45) is 1.57. The molecule has 0 aromatic heterocycles. The molecule has 6 heteroatoms. The number of carbonyl (C=O) groups is 2. The molecule has 2 aromatic carbocycles. The maximum atomic E-state index is 13.1. The summed E-state index contributed by atoms with van der Waals surface area (Å²) in [5.74, 6) is -1.55. The number of aliphatic hydroxyl groups excluding tert-OH is 1. The van der Waals surface area contributed by atoms with Gasteiger partial charge in [0.25, 0.3) is 11.7 Å². The molecular weight excluding hydrogens is 382 g/mol. The van der Waals surface area contributed by atoms with E-state index in [1.807, 2.05) is 26.0 Å². The molecule has 2 N–H and O–H groups in total. The minimum Gasteiger partial charge on any atom is -0.508 e. The van der Waals surface area contributed by atoms with Gasteiger partial charge in [0.15, 0.2) is 0 Å². The summed E-state index contributed by atoms with van der Waals surface area (Å²) in [5.41, 5.74) is 2.87. The van der Waals surface area contributed by atoms with Crippen LogP contribution < -0.4 is 0 Å². The molecule has 4 rings (SSSR count). The van der Waals surface area contributed by atoms with Gasteiger partial charge in [0.1, 0.15) is 11.5 Å². The Kier molecular flexibility index (Phi) is 5.35. The average molecular weight is 407 g/mol. The van der Waals surface area contributed by atoms with Crippen molar-refractivity contribution in [2.24, 2.45) is 0 Å². The van der Waals surface area contributed by atoms with Gasteiger partial charge in [-0.2, -0.15) is 0 Å². The number of ketones is 1. The largest absolute Gasteiger partial charge is 0.508 e. The van der Waals surface area contributed by atoms with Gasteiger partial charge in [0.05, 0.1) is 17.7 Å². The first-order valence-electron chi connectivity index (χ1n) is 10.1. The second kappa shape index (κ2) is 7.95. The van der Waals surface area contributed by atoms with Crippen molar-refractivity contribution in [2.75, 3.05) is 13.2 Å². The van der Waals surface area contributed by atoms with Crippen LogP contribution in [0.1, 0.15) is 41.1 Å². The van der Waals surface area contributed by atoms with E-state index in [1.165, 1.54) is 17.0 Å². The van der Waals surface area contributed by atoms with Gasteiger partial charge in [-0.25, -0.2) is 0 Å². The summed E-state index contributed by atoms with van der Waals surface area (Å²) in [6.45, 7) is 4.64. The monoisotopic (exact) mass is 407 g/mol. The number of likely N-dealkylation sites (tertiary alicyclic amines) is 1. The number of aromatic hydroxyl groups is 1. The Morgan fingerprint density at radius 1 is 1.17 bits per heavy atom. The highest BCUT2D eigenvalue weighted by molar-refractivity contribution is 6.46. The van der Waals surface area contributed by atoms with Gasteiger partial charge in [-0.3, -0.25) is 9.59 Å². The summed E-state index contributed by atoms with van der Waals surface area (Å²) in [6, 6.07) is 11.3. The van der Waals surface area contributed by atoms with Crippen molar-refractivity contribution in [3.8, 4) is 5.75 Å². The molecule has 30 heavy (non-hydrogen) atoms. The van der Waals surface area contributed by atoms with Crippen LogP contribution in [0.5, 0.6) is 5.75 Å². The van der Waals surface area contributed by atoms with Crippen LogP contribution >= 0.6 is 0 Å². The molecule has 0 bridgehead atoms. The van der Waals surface area contributed by atoms with E-state index in [0.29, 0.717) is 17.7 Å². The maximum Gasteiger partial charge on any atom is 0.295 e. The van der Waals surface area contributed by atoms with Gasteiger partial charge in [-0.15, -0.1) is 0 Å². The lowest BCUT2D eigenvalue weighted by molar-refractivity contribution is -0.140. The first-order valence-corrected chi connectivity index (χ1v) is 10.1. The number of benzene rings is 2. The Labute approximate surface area is 175 Å². The van der Waals surface area contributed by atoms with Crippen LogP contribution in [0, 0.1) is 13.8 Å². The lowest BCUT2D eigenvalue weighted by Crippen LogP contribution is -2.36. The molecule has 2 aromatic rings. The predicted molar refractivity (Wildman–Crippen MR) is 112 cm³/mol. The Balaban J connectivity index is 1.87. The molecule has 2 heterocycles. The number of phenolic OH excluding ortho intramolecular Hbond substituents is 1. The topological polar surface area (TPSA) is 87.1 Å². The molecular formula is C24H25NO5. The first kappa shape index (κ1) is 20.2. The van der Waals surface area contributed by atoms with Crippen molar-refractivity contribution < 1.29 is 24.5 Å². The molecule has 0 radical (unpaired) electrons. The zero-order valence-electron chi connectivity index (χ0n) is 17.1. The van der Waals surface area contributed by atoms with E-state index in [2.05, 4.69) is 0 Å². The lowest BCUT2D eigenvalue weighted by Gasteiger charge is -2.27. The molecule has 2 unspecified atom stereocenters. The van der Waals surface area contributed by atoms with Crippen molar-refractivity contribution in [1.82, 2.24) is 4.90 Å². The normalized spacial score (nSPS) is 23.3. The fourth-order valence-electron chi connectivity index (χ4n) is 4.25. The fourth-order valence-corrected chi connectivity index (χ4v) is 4.25. The smallest absolute Gasteiger partial charge is 0.295 e. The van der Waals surface area contributed by atoms with Crippen LogP contribution in [0.2, 0.25) is 0 Å². The number of ether oxygens (including phenoxy) is 1. The Morgan fingerprint density at radius 3 is 2.67 bits per heavy atom. The SMILES string of the molecule is Cc1ccc(C)c(/C(O)=C2\C(=O)C(=O)N(CC3CCCO3)C2c2cccc(O)c2)c1. The maximum absolute atomic E-state index is 13.1. The molecule has 0 aliphatic carbocycles. The van der Waals surface area contributed by atoms with E-state index in [4.69, 9.17) is 4.74 Å². The Hall–Kier alpha value is -3.12. The van der Waals surface area contributed by atoms with Crippen LogP contribution in [-0.2, 0) is 14.3 Å². The van der Waals surface area contributed by atoms with Gasteiger partial charge in [-0.1, -0.05) is 29.8 Å². The highest BCUT2D eigenvalue weighted by atomic mass is 16.5. The number of aryl methyl sites for hydroxylation is 2. The van der Waals surface area contributed by atoms with Gasteiger partial charge in [0.2, 0.25) is 0 Å². The number of phenols is 1. The molecule has 2 fully saturated rings. The molecule has 1 amide bonds. The minimum atomic E-state index is -0.791. The van der Waals surface area contributed by atoms with Gasteiger partial charge in [0, 0.05) is 18.7 Å². The number of Topliss-reactive ketones (excluding diaryl/α,β-unsaturated/α-hetero) is 1. The van der Waals surface area contributed by atoms with E-state index in [1.54, 1.807) is 18.2 Å². The summed E-state index contributed by atoms with van der Waals surface area (Å²) in [7, 11) is 0. The Morgan fingerprint density at radius 2 is 1.97 bits per heavy atom. The van der Waals surface area contributed by atoms with E-state index in [0.717, 1.165) is 24.0 Å². The summed E-state index contributed by atoms with van der Waals surface area (Å²) < 4.78 is 5.69. The first-order chi connectivity index (χ1) is 14.4. The second-order valence-electron chi connectivity index (χ2n) is 8.00. The predicted octanol–water partition coefficient (Wildman–Crippen LogP) is 3.61. The zero-order valence-corrected chi connectivity index (χ0v) is 17.1. The average Bonchev–Trinajstić information content (AvgIpc) is 3.32. The minimum absolute atomic E-state index is 0.0296. The van der Waals surface area contributed by atoms with Gasteiger partial charge < -0.3 is 19.8 Å². The number of hydrogen-bond donors (Lipinski definition) is 2. The molecule has 2 atom stereocenters. The van der Waals surface area contributed by atoms with Crippen LogP contribution in [0.15, 0.2) is 48.0 Å². The highest BCUT2D eigenvalue weighted by Gasteiger charge is 2.47. The van der Waals surface area contributed by atoms with Gasteiger partial charge in [-0.05, 0) is 56.0 Å². The van der Waals surface area contributed by atoms with E-state index >= 15 is 0 Å². The highest BCUT2D eigenvalue weighted by Crippen LogP contribution is 2.41. The van der Waals surface area contributed by atoms with E-state index in [9.17, 15) is 19.8 Å². The van der Waals surface area contributed by atoms with Crippen molar-refractivity contribution in [3.05, 3.63) is 70.3 Å². The number of rotatable bonds is 4. The fraction of sp³-hybridized carbons (Fsp3) is 0.333. The standard InChI is InChI=1S/C24H25NO5/c1-14-8-9-15(2)19(11-14)22(27)20-21(16-5-3-6-17(26)12-16)25(24(29)23(20)28)13-18-7-4-10-30-18/h3,5-6,8-9,11-12,18,21,26-27H,4,7,10,13H2,1-2H3/b22-20+. The Bertz CT molecular complexity index is 1040. The zero-order chi connectivity index (χ0) is 21.4. The molecule has 2 saturated heterocycles. The van der Waals surface area contributed by atoms with Crippen LogP contribution in [0.3, 0.4) is 0 Å². The summed E-state index contributed by atoms with van der Waals surface area (Å²) in [5, 5.41) is 21.2. The van der Waals surface area contributed by atoms with Gasteiger partial charge >= 0.3 is 0 Å². The summed E-state index contributed by atoms with van der Waals surface area (Å²) in [4.78, 5) is 27.5. The summed E-state index contributed by atoms with van der Waals surface area (Å²) >= 11 is 0. The van der Waals surface area contributed by atoms with E-state index < -0.39 is 17.7 Å². The second-order valence-corrected chi connectivity index (χ2v) is 8.00. The van der Waals surface area contributed by atoms with Crippen molar-refractivity contribution in [2.45, 2.75) is 38.8 Å².